The van der Waals surface area contributed by atoms with E-state index in [1.54, 1.807) is 0 Å². The number of amides is 1. The molecule has 1 aliphatic heterocycles. The highest BCUT2D eigenvalue weighted by Crippen LogP contribution is 2.26. The number of likely N-dealkylation sites (N-methyl/N-ethyl adjacent to an activating group) is 1. The van der Waals surface area contributed by atoms with Gasteiger partial charge in [0.05, 0.1) is 6.54 Å². The second-order valence-electron chi connectivity index (χ2n) is 5.89. The molecule has 3 rings (SSSR count). The molecule has 0 saturated heterocycles. The minimum Gasteiger partial charge on any atom is -0.362 e. The van der Waals surface area contributed by atoms with E-state index in [0.29, 0.717) is 13.1 Å². The zero-order valence-corrected chi connectivity index (χ0v) is 13.0. The highest BCUT2D eigenvalue weighted by atomic mass is 16.2. The predicted molar refractivity (Wildman–Crippen MR) is 89.9 cm³/mol. The summed E-state index contributed by atoms with van der Waals surface area (Å²) >= 11 is 0. The van der Waals surface area contributed by atoms with Crippen molar-refractivity contribution in [3.63, 3.8) is 0 Å². The maximum Gasteiger partial charge on any atom is 0.242 e. The Morgan fingerprint density at radius 1 is 1.09 bits per heavy atom. The molecule has 3 heteroatoms. The van der Waals surface area contributed by atoms with Crippen LogP contribution in [0.25, 0.3) is 0 Å². The molecule has 0 saturated carbocycles. The lowest BCUT2D eigenvalue weighted by atomic mass is 10.0. The SMILES string of the molecule is CN(Cc1ccccc1)C(=O)CN1CCCc2ccccc21. The molecule has 114 valence electrons. The highest BCUT2D eigenvalue weighted by Gasteiger charge is 2.20. The van der Waals surface area contributed by atoms with Gasteiger partial charge in [0.15, 0.2) is 0 Å². The van der Waals surface area contributed by atoms with Gasteiger partial charge in [-0.25, -0.2) is 0 Å². The van der Waals surface area contributed by atoms with Crippen molar-refractivity contribution < 1.29 is 4.79 Å². The van der Waals surface area contributed by atoms with Crippen LogP contribution in [0, 0.1) is 0 Å². The molecular formula is C19H22N2O. The van der Waals surface area contributed by atoms with Gasteiger partial charge in [0.25, 0.3) is 0 Å². The smallest absolute Gasteiger partial charge is 0.242 e. The van der Waals surface area contributed by atoms with Crippen LogP contribution >= 0.6 is 0 Å². The van der Waals surface area contributed by atoms with Gasteiger partial charge in [0, 0.05) is 25.8 Å². The van der Waals surface area contributed by atoms with Gasteiger partial charge in [0.2, 0.25) is 5.91 Å². The Labute approximate surface area is 132 Å². The summed E-state index contributed by atoms with van der Waals surface area (Å²) in [6.07, 6.45) is 2.23. The van der Waals surface area contributed by atoms with Crippen LogP contribution in [0.4, 0.5) is 5.69 Å². The number of hydrogen-bond acceptors (Lipinski definition) is 2. The van der Waals surface area contributed by atoms with Gasteiger partial charge in [-0.05, 0) is 30.0 Å². The molecular weight excluding hydrogens is 272 g/mol. The zero-order valence-electron chi connectivity index (χ0n) is 13.0. The van der Waals surface area contributed by atoms with Gasteiger partial charge in [-0.1, -0.05) is 48.5 Å². The summed E-state index contributed by atoms with van der Waals surface area (Å²) in [6.45, 7) is 2.08. The van der Waals surface area contributed by atoms with Gasteiger partial charge in [0.1, 0.15) is 0 Å². The van der Waals surface area contributed by atoms with Crippen molar-refractivity contribution in [2.75, 3.05) is 25.0 Å². The van der Waals surface area contributed by atoms with Crippen molar-refractivity contribution in [2.24, 2.45) is 0 Å². The lowest BCUT2D eigenvalue weighted by molar-refractivity contribution is -0.128. The van der Waals surface area contributed by atoms with Crippen molar-refractivity contribution in [1.29, 1.82) is 0 Å². The fourth-order valence-corrected chi connectivity index (χ4v) is 3.01. The van der Waals surface area contributed by atoms with E-state index in [4.69, 9.17) is 0 Å². The minimum absolute atomic E-state index is 0.167. The first kappa shape index (κ1) is 14.6. The van der Waals surface area contributed by atoms with Crippen LogP contribution in [0.5, 0.6) is 0 Å². The lowest BCUT2D eigenvalue weighted by Crippen LogP contribution is -2.40. The van der Waals surface area contributed by atoms with E-state index in [0.717, 1.165) is 24.9 Å². The number of rotatable bonds is 4. The summed E-state index contributed by atoms with van der Waals surface area (Å²) in [5.41, 5.74) is 3.74. The maximum atomic E-state index is 12.5. The molecule has 22 heavy (non-hydrogen) atoms. The molecule has 1 aliphatic rings. The molecule has 0 aliphatic carbocycles. The number of anilines is 1. The van der Waals surface area contributed by atoms with E-state index in [1.807, 2.05) is 30.1 Å². The molecule has 0 N–H and O–H groups in total. The molecule has 0 radical (unpaired) electrons. The van der Waals surface area contributed by atoms with Crippen LogP contribution in [0.1, 0.15) is 17.5 Å². The average molecular weight is 294 g/mol. The summed E-state index contributed by atoms with van der Waals surface area (Å²) < 4.78 is 0. The molecule has 0 aromatic heterocycles. The Morgan fingerprint density at radius 3 is 2.64 bits per heavy atom. The monoisotopic (exact) mass is 294 g/mol. The standard InChI is InChI=1S/C19H22N2O/c1-20(14-16-8-3-2-4-9-16)19(22)15-21-13-7-11-17-10-5-6-12-18(17)21/h2-6,8-10,12H,7,11,13-15H2,1H3. The number of carbonyl (C=O) groups is 1. The lowest BCUT2D eigenvalue weighted by Gasteiger charge is -2.32. The summed E-state index contributed by atoms with van der Waals surface area (Å²) in [4.78, 5) is 16.5. The maximum absolute atomic E-state index is 12.5. The van der Waals surface area contributed by atoms with Gasteiger partial charge in [-0.3, -0.25) is 4.79 Å². The molecule has 0 atom stereocenters. The van der Waals surface area contributed by atoms with Crippen LogP contribution in [0.2, 0.25) is 0 Å². The number of aryl methyl sites for hydroxylation is 1. The number of nitrogens with zero attached hydrogens (tertiary/aromatic N) is 2. The molecule has 0 bridgehead atoms. The summed E-state index contributed by atoms with van der Waals surface area (Å²) in [5, 5.41) is 0. The van der Waals surface area contributed by atoms with Gasteiger partial charge < -0.3 is 9.80 Å². The van der Waals surface area contributed by atoms with Crippen LogP contribution in [0.3, 0.4) is 0 Å². The van der Waals surface area contributed by atoms with Crippen molar-refractivity contribution in [3.05, 3.63) is 65.7 Å². The first-order valence-electron chi connectivity index (χ1n) is 7.85. The summed E-state index contributed by atoms with van der Waals surface area (Å²) in [7, 11) is 1.88. The largest absolute Gasteiger partial charge is 0.362 e. The third-order valence-electron chi connectivity index (χ3n) is 4.22. The third-order valence-corrected chi connectivity index (χ3v) is 4.22. The normalized spacial score (nSPS) is 13.6. The van der Waals surface area contributed by atoms with Crippen LogP contribution < -0.4 is 4.90 Å². The van der Waals surface area contributed by atoms with E-state index in [1.165, 1.54) is 11.3 Å². The van der Waals surface area contributed by atoms with E-state index in [-0.39, 0.29) is 5.91 Å². The zero-order chi connectivity index (χ0) is 15.4. The number of fused-ring (bicyclic) bond motifs is 1. The summed E-state index contributed by atoms with van der Waals surface area (Å²) in [6, 6.07) is 18.5. The molecule has 2 aromatic carbocycles. The topological polar surface area (TPSA) is 23.6 Å². The van der Waals surface area contributed by atoms with Crippen LogP contribution in [-0.4, -0.2) is 30.9 Å². The summed E-state index contributed by atoms with van der Waals surface area (Å²) in [5.74, 6) is 0.167. The Bertz CT molecular complexity index is 639. The molecule has 0 fully saturated rings. The van der Waals surface area contributed by atoms with E-state index in [9.17, 15) is 4.79 Å². The number of hydrogen-bond donors (Lipinski definition) is 0. The van der Waals surface area contributed by atoms with Crippen molar-refractivity contribution in [2.45, 2.75) is 19.4 Å². The Balaban J connectivity index is 1.65. The Kier molecular flexibility index (Phi) is 4.42. The molecule has 3 nitrogen and oxygen atoms in total. The predicted octanol–water partition coefficient (Wildman–Crippen LogP) is 3.10. The number of benzene rings is 2. The first-order valence-corrected chi connectivity index (χ1v) is 7.85. The third kappa shape index (κ3) is 3.30. The van der Waals surface area contributed by atoms with Gasteiger partial charge in [-0.15, -0.1) is 0 Å². The minimum atomic E-state index is 0.167. The number of carbonyl (C=O) groups excluding carboxylic acids is 1. The second-order valence-corrected chi connectivity index (χ2v) is 5.89. The quantitative estimate of drug-likeness (QED) is 0.865. The molecule has 2 aromatic rings. The number of para-hydroxylation sites is 1. The van der Waals surface area contributed by atoms with Crippen LogP contribution in [-0.2, 0) is 17.8 Å². The Morgan fingerprint density at radius 2 is 1.82 bits per heavy atom. The highest BCUT2D eigenvalue weighted by molar-refractivity contribution is 5.81. The molecule has 1 heterocycles. The second kappa shape index (κ2) is 6.65. The van der Waals surface area contributed by atoms with E-state index < -0.39 is 0 Å². The Hall–Kier alpha value is -2.29. The van der Waals surface area contributed by atoms with Crippen LogP contribution in [0.15, 0.2) is 54.6 Å². The molecule has 1 amide bonds. The van der Waals surface area contributed by atoms with Crippen molar-refractivity contribution in [1.82, 2.24) is 4.90 Å². The van der Waals surface area contributed by atoms with Crippen molar-refractivity contribution >= 4 is 11.6 Å². The van der Waals surface area contributed by atoms with Crippen molar-refractivity contribution in [3.8, 4) is 0 Å². The average Bonchev–Trinajstić information content (AvgIpc) is 2.56. The fourth-order valence-electron chi connectivity index (χ4n) is 3.01. The van der Waals surface area contributed by atoms with Gasteiger partial charge in [-0.2, -0.15) is 0 Å². The fraction of sp³-hybridized carbons (Fsp3) is 0.316. The first-order chi connectivity index (χ1) is 10.7. The molecule has 0 unspecified atom stereocenters. The molecule has 0 spiro atoms. The van der Waals surface area contributed by atoms with E-state index >= 15 is 0 Å². The van der Waals surface area contributed by atoms with E-state index in [2.05, 4.69) is 41.3 Å². The van der Waals surface area contributed by atoms with Gasteiger partial charge >= 0.3 is 0 Å².